The summed E-state index contributed by atoms with van der Waals surface area (Å²) in [6, 6.07) is 84.2. The van der Waals surface area contributed by atoms with Crippen molar-refractivity contribution in [2.75, 3.05) is 0 Å². The van der Waals surface area contributed by atoms with Crippen LogP contribution in [0.15, 0.2) is 267 Å². The third kappa shape index (κ3) is 52.5. The van der Waals surface area contributed by atoms with Gasteiger partial charge in [0.25, 0.3) is 0 Å². The Hall–Kier alpha value is -8.05. The van der Waals surface area contributed by atoms with Crippen molar-refractivity contribution in [3.05, 3.63) is 298 Å². The maximum atomic E-state index is 5.87. The molecule has 5 saturated carbocycles. The topological polar surface area (TPSA) is 46.2 Å². The third-order valence-electron chi connectivity index (χ3n) is 32.5. The number of halogens is 5. The average Bonchev–Trinajstić information content (AvgIpc) is 0.862. The van der Waals surface area contributed by atoms with Crippen LogP contribution in [0.2, 0.25) is 0 Å². The summed E-state index contributed by atoms with van der Waals surface area (Å²) in [5.74, 6) is 13.1. The second-order valence-electron chi connectivity index (χ2n) is 43.9. The van der Waals surface area contributed by atoms with Crippen molar-refractivity contribution in [2.24, 2.45) is 29.6 Å². The van der Waals surface area contributed by atoms with Crippen molar-refractivity contribution >= 4 is 63.1 Å². The number of hydrogen-bond acceptors (Lipinski definition) is 5. The van der Waals surface area contributed by atoms with Crippen LogP contribution in [0.1, 0.15) is 473 Å². The van der Waals surface area contributed by atoms with Crippen LogP contribution in [0, 0.1) is 29.6 Å². The summed E-state index contributed by atoms with van der Waals surface area (Å²) in [4.78, 5) is 4.25. The second-order valence-corrected chi connectivity index (χ2v) is 46.2. The highest BCUT2D eigenvalue weighted by atomic mass is 32.1. The Balaban J connectivity index is 0.000000284. The second kappa shape index (κ2) is 79.0. The molecule has 0 N–H and O–H groups in total. The van der Waals surface area contributed by atoms with Gasteiger partial charge in [0.15, 0.2) is 0 Å². The monoisotopic (exact) mass is 2150 g/mol. The van der Waals surface area contributed by atoms with E-state index in [1.165, 1.54) is 409 Å². The molecule has 5 aliphatic carbocycles. The number of hydrogen-bond donors (Lipinski definition) is 0. The fourth-order valence-corrected chi connectivity index (χ4v) is 23.6. The summed E-state index contributed by atoms with van der Waals surface area (Å²) in [6.07, 6.45) is 77.8. The lowest BCUT2D eigenvalue weighted by Crippen LogP contribution is -2.13. The Morgan fingerprint density at radius 3 is 0.420 bits per heavy atom. The van der Waals surface area contributed by atoms with Crippen molar-refractivity contribution in [3.63, 3.8) is 0 Å². The Bertz CT molecular complexity index is 4170. The molecule has 0 atom stereocenters. The van der Waals surface area contributed by atoms with Crippen molar-refractivity contribution in [3.8, 4) is 28.7 Å². The first-order valence-corrected chi connectivity index (χ1v) is 60.7. The van der Waals surface area contributed by atoms with E-state index in [2.05, 4.69) is 156 Å². The van der Waals surface area contributed by atoms with Gasteiger partial charge in [0.05, 0.1) is 0 Å². The zero-order chi connectivity index (χ0) is 102. The molecule has 5 aliphatic rings. The highest BCUT2D eigenvalue weighted by molar-refractivity contribution is 7.81. The number of rotatable bonds is 55. The van der Waals surface area contributed by atoms with Gasteiger partial charge in [-0.05, 0) is 365 Å². The minimum atomic E-state index is 0. The van der Waals surface area contributed by atoms with E-state index >= 15 is 0 Å². The largest absolute Gasteiger partial charge is 0.489 e. The molecule has 0 saturated heterocycles. The van der Waals surface area contributed by atoms with Gasteiger partial charge in [0.2, 0.25) is 0 Å². The fourth-order valence-electron chi connectivity index (χ4n) is 22.9. The first-order chi connectivity index (χ1) is 71.2. The van der Waals surface area contributed by atoms with Crippen LogP contribution in [-0.2, 0) is 33.0 Å². The third-order valence-corrected chi connectivity index (χ3v) is 33.8. The molecule has 15 heteroatoms. The van der Waals surface area contributed by atoms with Crippen molar-refractivity contribution in [1.82, 2.24) is 0 Å². The Kier molecular flexibility index (Phi) is 68.8. The lowest BCUT2D eigenvalue weighted by molar-refractivity contribution is 0.300. The van der Waals surface area contributed by atoms with Crippen molar-refractivity contribution in [1.29, 1.82) is 0 Å². The van der Waals surface area contributed by atoms with Crippen LogP contribution in [0.5, 0.6) is 28.7 Å². The molecule has 15 rings (SSSR count). The Morgan fingerprint density at radius 2 is 0.287 bits per heavy atom. The van der Waals surface area contributed by atoms with Crippen LogP contribution < -0.4 is 23.7 Å². The van der Waals surface area contributed by atoms with E-state index in [9.17, 15) is 0 Å². The summed E-state index contributed by atoms with van der Waals surface area (Å²) in [5.41, 5.74) is 13.7. The van der Waals surface area contributed by atoms with E-state index in [1.807, 2.05) is 121 Å². The van der Waals surface area contributed by atoms with E-state index < -0.39 is 0 Å². The summed E-state index contributed by atoms with van der Waals surface area (Å²) < 4.78 is 29.3. The number of ether oxygens (including phenoxy) is 5. The fraction of sp³-hybridized carbons (Fsp3) is 0.556. The molecule has 10 aromatic carbocycles. The van der Waals surface area contributed by atoms with Crippen LogP contribution >= 0.6 is 63.1 Å². The predicted molar refractivity (Wildman–Crippen MR) is 641 cm³/mol. The molecular weight excluding hydrogens is 1960 g/mol. The molecule has 0 spiro atoms. The molecule has 0 amide bonds. The van der Waals surface area contributed by atoms with Crippen LogP contribution in [0.3, 0.4) is 0 Å². The highest BCUT2D eigenvalue weighted by Gasteiger charge is 2.28. The molecule has 10 aromatic rings. The molecule has 0 bridgehead atoms. The van der Waals surface area contributed by atoms with Gasteiger partial charge in [0, 0.05) is 24.5 Å². The standard InChI is InChI=1S/5C27H37OS.5FH/c5*1-2-3-4-5-6-7-8-22-9-13-24(14-10-22)25-15-11-23(12-16-25)21-28-26-17-19-27(29)20-18-26;;;;;/h5*11-12,15-20,22,24H,2-10,13-14,21H2,1H3;5*1H/t5*22-,24-;;;;;. The van der Waals surface area contributed by atoms with Gasteiger partial charge in [-0.25, -0.2) is 0 Å². The first kappa shape index (κ1) is 131. The molecule has 5 nitrogen and oxygen atoms in total. The molecule has 0 heterocycles. The smallest absolute Gasteiger partial charge is 0.119 e. The van der Waals surface area contributed by atoms with Gasteiger partial charge in [-0.2, -0.15) is 0 Å². The number of benzene rings is 10. The van der Waals surface area contributed by atoms with Gasteiger partial charge in [0.1, 0.15) is 61.8 Å². The van der Waals surface area contributed by atoms with Gasteiger partial charge >= 0.3 is 0 Å². The van der Waals surface area contributed by atoms with Crippen molar-refractivity contribution in [2.45, 2.75) is 475 Å². The van der Waals surface area contributed by atoms with Gasteiger partial charge in [-0.15, -0.1) is 0 Å². The van der Waals surface area contributed by atoms with Gasteiger partial charge in [-0.3, -0.25) is 23.5 Å². The molecule has 150 heavy (non-hydrogen) atoms. The molecule has 0 aliphatic heterocycles. The summed E-state index contributed by atoms with van der Waals surface area (Å²) in [5, 5.41) is 0. The SMILES string of the molecule is CCCCCCCC[C@H]1CC[C@H](c2ccc(COc3ccc([S])cc3)cc2)CC1.CCCCCCCC[C@H]1CC[C@H](c2ccc(COc3ccc([S])cc3)cc2)CC1.CCCCCCCC[C@H]1CC[C@H](c2ccc(COc3ccc([S])cc3)cc2)CC1.CCCCCCCC[C@H]1CC[C@H](c2ccc(COc3ccc([S])cc3)cc2)CC1.CCCCCCCC[C@H]1CC[C@H](c2ccc(COc3ccc([S])cc3)cc2)CC1.F.F.F.F.F. The van der Waals surface area contributed by atoms with E-state index in [4.69, 9.17) is 86.8 Å². The lowest BCUT2D eigenvalue weighted by Gasteiger charge is -2.29. The first-order valence-electron chi connectivity index (χ1n) is 58.7. The van der Waals surface area contributed by atoms with E-state index in [0.717, 1.165) is 112 Å². The number of unbranched alkanes of at least 4 members (excludes halogenated alkanes) is 25. The van der Waals surface area contributed by atoms with E-state index in [-0.39, 0.29) is 23.5 Å². The van der Waals surface area contributed by atoms with Crippen LogP contribution in [0.4, 0.5) is 23.5 Å². The highest BCUT2D eigenvalue weighted by Crippen LogP contribution is 2.45. The maximum Gasteiger partial charge on any atom is 0.119 e. The van der Waals surface area contributed by atoms with Gasteiger partial charge in [-0.1, -0.05) is 444 Å². The maximum absolute atomic E-state index is 5.87. The van der Waals surface area contributed by atoms with E-state index in [1.54, 1.807) is 0 Å². The zero-order valence-electron chi connectivity index (χ0n) is 92.4. The molecule has 5 fully saturated rings. The van der Waals surface area contributed by atoms with Crippen molar-refractivity contribution < 1.29 is 47.2 Å². The summed E-state index contributed by atoms with van der Waals surface area (Å²) in [7, 11) is 0. The molecular formula is C135H190F5O5S5. The van der Waals surface area contributed by atoms with Gasteiger partial charge < -0.3 is 23.7 Å². The van der Waals surface area contributed by atoms with Crippen LogP contribution in [-0.4, -0.2) is 0 Å². The van der Waals surface area contributed by atoms with E-state index in [0.29, 0.717) is 33.0 Å². The minimum absolute atomic E-state index is 0. The average molecular weight is 2150 g/mol. The molecule has 0 unspecified atom stereocenters. The predicted octanol–water partition coefficient (Wildman–Crippen LogP) is 45.0. The normalized spacial score (nSPS) is 18.6. The Labute approximate surface area is 934 Å². The quantitative estimate of drug-likeness (QED) is 0.0281. The summed E-state index contributed by atoms with van der Waals surface area (Å²) in [6.45, 7) is 14.5. The minimum Gasteiger partial charge on any atom is -0.489 e. The zero-order valence-corrected chi connectivity index (χ0v) is 96.5. The molecule has 5 radical (unpaired) electrons. The Morgan fingerprint density at radius 1 is 0.160 bits per heavy atom. The molecule has 825 valence electrons. The lowest BCUT2D eigenvalue weighted by atomic mass is 9.77. The summed E-state index contributed by atoms with van der Waals surface area (Å²) >= 11 is 25.6. The van der Waals surface area contributed by atoms with Crippen LogP contribution in [0.25, 0.3) is 0 Å². The molecule has 0 aromatic heterocycles.